The summed E-state index contributed by atoms with van der Waals surface area (Å²) in [6.45, 7) is 7.58. The summed E-state index contributed by atoms with van der Waals surface area (Å²) in [6.07, 6.45) is 4.72. The van der Waals surface area contributed by atoms with Gasteiger partial charge in [-0.25, -0.2) is 4.79 Å². The average molecular weight is 331 g/mol. The van der Waals surface area contributed by atoms with Crippen LogP contribution < -0.4 is 4.74 Å². The highest BCUT2D eigenvalue weighted by atomic mass is 16.6. The molecule has 0 saturated carbocycles. The van der Waals surface area contributed by atoms with Gasteiger partial charge in [0.25, 0.3) is 0 Å². The second kappa shape index (κ2) is 6.85. The molecule has 0 aromatic heterocycles. The van der Waals surface area contributed by atoms with Gasteiger partial charge in [0.05, 0.1) is 13.2 Å². The van der Waals surface area contributed by atoms with E-state index in [2.05, 4.69) is 18.2 Å². The molecular formula is C19H25NO4. The summed E-state index contributed by atoms with van der Waals surface area (Å²) >= 11 is 0. The summed E-state index contributed by atoms with van der Waals surface area (Å²) in [7, 11) is 0. The second-order valence-corrected chi connectivity index (χ2v) is 7.16. The maximum atomic E-state index is 12.2. The van der Waals surface area contributed by atoms with Crippen LogP contribution in [-0.4, -0.2) is 49.0 Å². The molecule has 0 radical (unpaired) electrons. The number of hydrogen-bond donors (Lipinski definition) is 0. The topological polar surface area (TPSA) is 48.0 Å². The normalized spacial score (nSPS) is 20.0. The maximum absolute atomic E-state index is 12.2. The zero-order chi connectivity index (χ0) is 17.2. The van der Waals surface area contributed by atoms with Gasteiger partial charge in [-0.2, -0.15) is 0 Å². The third-order valence-corrected chi connectivity index (χ3v) is 4.00. The Balaban J connectivity index is 1.55. The smallest absolute Gasteiger partial charge is 0.410 e. The van der Waals surface area contributed by atoms with Crippen LogP contribution in [0.1, 0.15) is 31.9 Å². The van der Waals surface area contributed by atoms with Gasteiger partial charge in [-0.05, 0) is 38.8 Å². The minimum Gasteiger partial charge on any atom is -0.490 e. The number of allylic oxidation sites excluding steroid dienone is 1. The molecule has 0 spiro atoms. The van der Waals surface area contributed by atoms with E-state index in [1.807, 2.05) is 32.9 Å². The molecule has 2 aliphatic rings. The Hall–Kier alpha value is -2.01. The highest BCUT2D eigenvalue weighted by Gasteiger charge is 2.28. The Labute approximate surface area is 143 Å². The van der Waals surface area contributed by atoms with Crippen LogP contribution in [-0.2, 0) is 15.9 Å². The fraction of sp³-hybridized carbons (Fsp3) is 0.526. The van der Waals surface area contributed by atoms with Crippen LogP contribution in [0.5, 0.6) is 5.75 Å². The fourth-order valence-electron chi connectivity index (χ4n) is 2.89. The van der Waals surface area contributed by atoms with Crippen LogP contribution in [0.25, 0.3) is 6.08 Å². The first-order chi connectivity index (χ1) is 11.4. The molecule has 0 bridgehead atoms. The number of rotatable bonds is 3. The number of fused-ring (bicyclic) bond motifs is 1. The van der Waals surface area contributed by atoms with Crippen molar-refractivity contribution < 1.29 is 19.0 Å². The van der Waals surface area contributed by atoms with Gasteiger partial charge in [-0.3, -0.25) is 0 Å². The van der Waals surface area contributed by atoms with Crippen LogP contribution in [0.2, 0.25) is 0 Å². The van der Waals surface area contributed by atoms with Crippen LogP contribution in [0.15, 0.2) is 24.3 Å². The predicted octanol–water partition coefficient (Wildman–Crippen LogP) is 3.27. The molecule has 1 aliphatic carbocycles. The van der Waals surface area contributed by atoms with E-state index in [4.69, 9.17) is 14.2 Å². The number of amides is 1. The highest BCUT2D eigenvalue weighted by molar-refractivity contribution is 5.68. The quantitative estimate of drug-likeness (QED) is 0.853. The van der Waals surface area contributed by atoms with Gasteiger partial charge in [0.15, 0.2) is 0 Å². The molecule has 24 heavy (non-hydrogen) atoms. The van der Waals surface area contributed by atoms with Crippen LogP contribution in [0.4, 0.5) is 4.79 Å². The van der Waals surface area contributed by atoms with Crippen LogP contribution in [0, 0.1) is 0 Å². The molecule has 1 saturated heterocycles. The maximum Gasteiger partial charge on any atom is 0.410 e. The fourth-order valence-corrected chi connectivity index (χ4v) is 2.89. The molecule has 5 nitrogen and oxygen atoms in total. The molecule has 5 heteroatoms. The zero-order valence-corrected chi connectivity index (χ0v) is 14.6. The summed E-state index contributed by atoms with van der Waals surface area (Å²) in [5.74, 6) is 0.899. The highest BCUT2D eigenvalue weighted by Crippen LogP contribution is 2.29. The van der Waals surface area contributed by atoms with Gasteiger partial charge in [-0.15, -0.1) is 0 Å². The first-order valence-electron chi connectivity index (χ1n) is 8.43. The van der Waals surface area contributed by atoms with E-state index in [0.29, 0.717) is 26.3 Å². The van der Waals surface area contributed by atoms with Crippen LogP contribution in [0.3, 0.4) is 0 Å². The number of nitrogens with zero attached hydrogens (tertiary/aromatic N) is 1. The standard InChI is InChI=1S/C19H25NO4/c1-19(2,3)24-18(21)20-10-11-22-15(12-20)13-23-17-9-5-7-14-6-4-8-16(14)17/h4-7,9,15H,8,10-13H2,1-3H3. The molecule has 0 N–H and O–H groups in total. The number of carbonyl (C=O) groups is 1. The molecule has 130 valence electrons. The van der Waals surface area contributed by atoms with Gasteiger partial charge < -0.3 is 19.1 Å². The van der Waals surface area contributed by atoms with Crippen molar-refractivity contribution in [2.45, 2.75) is 38.9 Å². The first-order valence-corrected chi connectivity index (χ1v) is 8.43. The lowest BCUT2D eigenvalue weighted by atomic mass is 10.1. The summed E-state index contributed by atoms with van der Waals surface area (Å²) < 4.78 is 17.1. The molecule has 1 unspecified atom stereocenters. The van der Waals surface area contributed by atoms with Crippen molar-refractivity contribution >= 4 is 12.2 Å². The SMILES string of the molecule is CC(C)(C)OC(=O)N1CCOC(COc2cccc3c2CC=C3)C1. The molecule has 3 rings (SSSR count). The first kappa shape index (κ1) is 16.8. The Kier molecular flexibility index (Phi) is 4.81. The molecule has 1 fully saturated rings. The number of hydrogen-bond acceptors (Lipinski definition) is 4. The minimum absolute atomic E-state index is 0.142. The Bertz CT molecular complexity index is 633. The van der Waals surface area contributed by atoms with Crippen molar-refractivity contribution in [3.05, 3.63) is 35.4 Å². The van der Waals surface area contributed by atoms with Crippen molar-refractivity contribution in [2.75, 3.05) is 26.3 Å². The zero-order valence-electron chi connectivity index (χ0n) is 14.6. The third-order valence-electron chi connectivity index (χ3n) is 4.00. The van der Waals surface area contributed by atoms with Gasteiger partial charge in [0.2, 0.25) is 0 Å². The van der Waals surface area contributed by atoms with E-state index in [0.717, 1.165) is 12.2 Å². The van der Waals surface area contributed by atoms with Gasteiger partial charge in [-0.1, -0.05) is 24.3 Å². The Morgan fingerprint density at radius 1 is 1.38 bits per heavy atom. The summed E-state index contributed by atoms with van der Waals surface area (Å²) in [4.78, 5) is 13.9. The monoisotopic (exact) mass is 331 g/mol. The van der Waals surface area contributed by atoms with Crippen molar-refractivity contribution in [3.8, 4) is 5.75 Å². The van der Waals surface area contributed by atoms with Gasteiger partial charge in [0.1, 0.15) is 24.1 Å². The van der Waals surface area contributed by atoms with E-state index >= 15 is 0 Å². The predicted molar refractivity (Wildman–Crippen MR) is 92.2 cm³/mol. The third kappa shape index (κ3) is 4.09. The molecule has 1 aliphatic heterocycles. The van der Waals surface area contributed by atoms with E-state index in [-0.39, 0.29) is 12.2 Å². The van der Waals surface area contributed by atoms with E-state index < -0.39 is 5.60 Å². The molecule has 1 aromatic carbocycles. The van der Waals surface area contributed by atoms with Gasteiger partial charge >= 0.3 is 6.09 Å². The van der Waals surface area contributed by atoms with Crippen molar-refractivity contribution in [1.82, 2.24) is 4.90 Å². The minimum atomic E-state index is -0.487. The number of morpholine rings is 1. The molecule has 1 atom stereocenters. The van der Waals surface area contributed by atoms with Crippen LogP contribution >= 0.6 is 0 Å². The molecule has 1 aromatic rings. The van der Waals surface area contributed by atoms with E-state index in [1.165, 1.54) is 11.1 Å². The molecule has 1 amide bonds. The second-order valence-electron chi connectivity index (χ2n) is 7.16. The number of benzene rings is 1. The molecule has 1 heterocycles. The Morgan fingerprint density at radius 2 is 2.21 bits per heavy atom. The lowest BCUT2D eigenvalue weighted by Gasteiger charge is -2.34. The summed E-state index contributed by atoms with van der Waals surface area (Å²) in [6, 6.07) is 6.08. The van der Waals surface area contributed by atoms with Crippen molar-refractivity contribution in [3.63, 3.8) is 0 Å². The summed E-state index contributed by atoms with van der Waals surface area (Å²) in [5, 5.41) is 0. The number of ether oxygens (including phenoxy) is 3. The Morgan fingerprint density at radius 3 is 3.00 bits per heavy atom. The molecular weight excluding hydrogens is 306 g/mol. The average Bonchev–Trinajstić information content (AvgIpc) is 3.00. The number of carbonyl (C=O) groups excluding carboxylic acids is 1. The lowest BCUT2D eigenvalue weighted by molar-refractivity contribution is -0.0557. The van der Waals surface area contributed by atoms with Crippen molar-refractivity contribution in [2.24, 2.45) is 0 Å². The van der Waals surface area contributed by atoms with E-state index in [1.54, 1.807) is 4.90 Å². The van der Waals surface area contributed by atoms with Gasteiger partial charge in [0, 0.05) is 12.1 Å². The lowest BCUT2D eigenvalue weighted by Crippen LogP contribution is -2.49. The largest absolute Gasteiger partial charge is 0.490 e. The van der Waals surface area contributed by atoms with E-state index in [9.17, 15) is 4.79 Å². The van der Waals surface area contributed by atoms with Crippen molar-refractivity contribution in [1.29, 1.82) is 0 Å². The summed E-state index contributed by atoms with van der Waals surface area (Å²) in [5.41, 5.74) is 1.95.